The van der Waals surface area contributed by atoms with Crippen molar-refractivity contribution in [3.8, 4) is 0 Å². The summed E-state index contributed by atoms with van der Waals surface area (Å²) < 4.78 is 18.4. The highest BCUT2D eigenvalue weighted by molar-refractivity contribution is 5.82. The molecule has 0 aliphatic carbocycles. The van der Waals surface area contributed by atoms with Gasteiger partial charge in [0, 0.05) is 19.2 Å². The highest BCUT2D eigenvalue weighted by Crippen LogP contribution is 2.17. The molecule has 0 saturated carbocycles. The number of ether oxygens (including phenoxy) is 1. The molecule has 0 aliphatic rings. The lowest BCUT2D eigenvalue weighted by molar-refractivity contribution is -0.124. The minimum absolute atomic E-state index is 0.203. The molecule has 3 N–H and O–H groups in total. The summed E-state index contributed by atoms with van der Waals surface area (Å²) in [6, 6.07) is 4.11. The minimum Gasteiger partial charge on any atom is -0.380 e. The molecule has 0 bridgehead atoms. The molecule has 1 atom stereocenters. The largest absolute Gasteiger partial charge is 0.380 e. The third-order valence-electron chi connectivity index (χ3n) is 3.09. The SMILES string of the molecule is COCc1cc(CNC(=O)[C@@H](N)C(C)(C)C)ccc1F. The fraction of sp³-hybridized carbons (Fsp3) is 0.533. The second-order valence-corrected chi connectivity index (χ2v) is 5.92. The number of benzene rings is 1. The number of nitrogens with two attached hydrogens (primary N) is 1. The Hall–Kier alpha value is -1.46. The molecule has 20 heavy (non-hydrogen) atoms. The van der Waals surface area contributed by atoms with Crippen LogP contribution < -0.4 is 11.1 Å². The fourth-order valence-electron chi connectivity index (χ4n) is 1.70. The van der Waals surface area contributed by atoms with Gasteiger partial charge < -0.3 is 15.8 Å². The van der Waals surface area contributed by atoms with Crippen LogP contribution in [0.25, 0.3) is 0 Å². The molecule has 5 heteroatoms. The van der Waals surface area contributed by atoms with Crippen LogP contribution in [0.4, 0.5) is 4.39 Å². The van der Waals surface area contributed by atoms with E-state index >= 15 is 0 Å². The third-order valence-corrected chi connectivity index (χ3v) is 3.09. The van der Waals surface area contributed by atoms with Gasteiger partial charge in [-0.2, -0.15) is 0 Å². The van der Waals surface area contributed by atoms with E-state index in [1.165, 1.54) is 13.2 Å². The molecule has 0 unspecified atom stereocenters. The summed E-state index contributed by atoms with van der Waals surface area (Å²) in [5.41, 5.74) is 6.86. The van der Waals surface area contributed by atoms with E-state index in [1.807, 2.05) is 20.8 Å². The van der Waals surface area contributed by atoms with E-state index in [0.717, 1.165) is 5.56 Å². The molecule has 0 aromatic heterocycles. The molecule has 0 heterocycles. The molecule has 0 radical (unpaired) electrons. The lowest BCUT2D eigenvalue weighted by Gasteiger charge is -2.25. The van der Waals surface area contributed by atoms with Crippen molar-refractivity contribution in [2.45, 2.75) is 40.0 Å². The molecular formula is C15H23FN2O2. The molecule has 1 amide bonds. The number of carbonyl (C=O) groups is 1. The van der Waals surface area contributed by atoms with Crippen molar-refractivity contribution in [2.75, 3.05) is 7.11 Å². The molecule has 4 nitrogen and oxygen atoms in total. The van der Waals surface area contributed by atoms with Crippen LogP contribution in [0, 0.1) is 11.2 Å². The van der Waals surface area contributed by atoms with Gasteiger partial charge >= 0.3 is 0 Å². The zero-order chi connectivity index (χ0) is 15.3. The first-order chi connectivity index (χ1) is 9.25. The van der Waals surface area contributed by atoms with Gasteiger partial charge in [0.15, 0.2) is 0 Å². The monoisotopic (exact) mass is 282 g/mol. The highest BCUT2D eigenvalue weighted by atomic mass is 19.1. The quantitative estimate of drug-likeness (QED) is 0.867. The summed E-state index contributed by atoms with van der Waals surface area (Å²) >= 11 is 0. The Bertz CT molecular complexity index is 469. The average Bonchev–Trinajstić information content (AvgIpc) is 2.37. The molecule has 0 spiro atoms. The van der Waals surface area contributed by atoms with E-state index in [0.29, 0.717) is 12.1 Å². The van der Waals surface area contributed by atoms with E-state index in [1.54, 1.807) is 12.1 Å². The van der Waals surface area contributed by atoms with Crippen LogP contribution in [-0.4, -0.2) is 19.1 Å². The first kappa shape index (κ1) is 16.6. The Morgan fingerprint density at radius 1 is 1.45 bits per heavy atom. The van der Waals surface area contributed by atoms with Gasteiger partial charge in [-0.25, -0.2) is 4.39 Å². The normalized spacial score (nSPS) is 13.1. The predicted molar refractivity (Wildman–Crippen MR) is 76.4 cm³/mol. The van der Waals surface area contributed by atoms with Crippen LogP contribution in [0.2, 0.25) is 0 Å². The number of hydrogen-bond acceptors (Lipinski definition) is 3. The number of halogens is 1. The van der Waals surface area contributed by atoms with Gasteiger partial charge in [-0.05, 0) is 23.1 Å². The number of carbonyl (C=O) groups excluding carboxylic acids is 1. The van der Waals surface area contributed by atoms with Crippen molar-refractivity contribution in [3.05, 3.63) is 35.1 Å². The van der Waals surface area contributed by atoms with Crippen LogP contribution in [-0.2, 0) is 22.7 Å². The highest BCUT2D eigenvalue weighted by Gasteiger charge is 2.27. The second kappa shape index (κ2) is 6.81. The molecule has 1 aromatic rings. The topological polar surface area (TPSA) is 64.3 Å². The van der Waals surface area contributed by atoms with Crippen molar-refractivity contribution in [1.29, 1.82) is 0 Å². The second-order valence-electron chi connectivity index (χ2n) is 5.92. The van der Waals surface area contributed by atoms with E-state index in [4.69, 9.17) is 10.5 Å². The summed E-state index contributed by atoms with van der Waals surface area (Å²) in [4.78, 5) is 11.9. The van der Waals surface area contributed by atoms with Crippen LogP contribution in [0.5, 0.6) is 0 Å². The van der Waals surface area contributed by atoms with Crippen molar-refractivity contribution in [1.82, 2.24) is 5.32 Å². The lowest BCUT2D eigenvalue weighted by atomic mass is 9.87. The van der Waals surface area contributed by atoms with Crippen molar-refractivity contribution >= 4 is 5.91 Å². The minimum atomic E-state index is -0.582. The maximum atomic E-state index is 13.5. The Balaban J connectivity index is 2.66. The van der Waals surface area contributed by atoms with E-state index in [9.17, 15) is 9.18 Å². The van der Waals surface area contributed by atoms with E-state index in [2.05, 4.69) is 5.32 Å². The van der Waals surface area contributed by atoms with Gasteiger partial charge in [-0.1, -0.05) is 26.8 Å². The van der Waals surface area contributed by atoms with Gasteiger partial charge in [0.2, 0.25) is 5.91 Å². The maximum Gasteiger partial charge on any atom is 0.237 e. The molecule has 0 saturated heterocycles. The fourth-order valence-corrected chi connectivity index (χ4v) is 1.70. The van der Waals surface area contributed by atoms with Crippen LogP contribution >= 0.6 is 0 Å². The van der Waals surface area contributed by atoms with Gasteiger partial charge in [0.25, 0.3) is 0 Å². The van der Waals surface area contributed by atoms with Crippen molar-refractivity contribution in [2.24, 2.45) is 11.1 Å². The zero-order valence-electron chi connectivity index (χ0n) is 12.5. The lowest BCUT2D eigenvalue weighted by Crippen LogP contribution is -2.48. The summed E-state index contributed by atoms with van der Waals surface area (Å²) in [6.07, 6.45) is 0. The molecule has 1 rings (SSSR count). The number of rotatable bonds is 5. The van der Waals surface area contributed by atoms with Gasteiger partial charge in [-0.15, -0.1) is 0 Å². The smallest absolute Gasteiger partial charge is 0.237 e. The number of hydrogen-bond donors (Lipinski definition) is 2. The molecule has 0 fully saturated rings. The van der Waals surface area contributed by atoms with Gasteiger partial charge in [0.05, 0.1) is 12.6 Å². The van der Waals surface area contributed by atoms with Crippen molar-refractivity contribution < 1.29 is 13.9 Å². The number of nitrogens with one attached hydrogen (secondary N) is 1. The van der Waals surface area contributed by atoms with Crippen LogP contribution in [0.15, 0.2) is 18.2 Å². The Kier molecular flexibility index (Phi) is 5.65. The summed E-state index contributed by atoms with van der Waals surface area (Å²) in [6.45, 7) is 6.25. The number of amides is 1. The average molecular weight is 282 g/mol. The molecule has 112 valence electrons. The third kappa shape index (κ3) is 4.58. The van der Waals surface area contributed by atoms with Crippen molar-refractivity contribution in [3.63, 3.8) is 0 Å². The standard InChI is InChI=1S/C15H23FN2O2/c1-15(2,3)13(17)14(19)18-8-10-5-6-12(16)11(7-10)9-20-4/h5-7,13H,8-9,17H2,1-4H3,(H,18,19)/t13-/m1/s1. The number of methoxy groups -OCH3 is 1. The zero-order valence-corrected chi connectivity index (χ0v) is 12.5. The Morgan fingerprint density at radius 2 is 2.10 bits per heavy atom. The summed E-state index contributed by atoms with van der Waals surface area (Å²) in [7, 11) is 1.51. The van der Waals surface area contributed by atoms with Crippen LogP contribution in [0.3, 0.4) is 0 Å². The first-order valence-corrected chi connectivity index (χ1v) is 6.55. The molecular weight excluding hydrogens is 259 g/mol. The molecule has 0 aliphatic heterocycles. The predicted octanol–water partition coefficient (Wildman–Crippen LogP) is 1.96. The molecule has 1 aromatic carbocycles. The first-order valence-electron chi connectivity index (χ1n) is 6.55. The maximum absolute atomic E-state index is 13.5. The van der Waals surface area contributed by atoms with E-state index in [-0.39, 0.29) is 23.7 Å². The summed E-state index contributed by atoms with van der Waals surface area (Å²) in [5.74, 6) is -0.525. The van der Waals surface area contributed by atoms with Gasteiger partial charge in [0.1, 0.15) is 5.82 Å². The Morgan fingerprint density at radius 3 is 2.65 bits per heavy atom. The summed E-state index contributed by atoms with van der Waals surface area (Å²) in [5, 5.41) is 2.77. The van der Waals surface area contributed by atoms with E-state index < -0.39 is 6.04 Å². The van der Waals surface area contributed by atoms with Gasteiger partial charge in [-0.3, -0.25) is 4.79 Å². The Labute approximate surface area is 119 Å². The van der Waals surface area contributed by atoms with Crippen LogP contribution in [0.1, 0.15) is 31.9 Å².